The van der Waals surface area contributed by atoms with Crippen LogP contribution in [-0.4, -0.2) is 35.2 Å². The summed E-state index contributed by atoms with van der Waals surface area (Å²) in [7, 11) is 0. The number of carbonyl (C=O) groups excluding carboxylic acids is 1. The fourth-order valence-corrected chi connectivity index (χ4v) is 2.80. The highest BCUT2D eigenvalue weighted by Crippen LogP contribution is 2.33. The smallest absolute Gasteiger partial charge is 0.311 e. The summed E-state index contributed by atoms with van der Waals surface area (Å²) in [6.07, 6.45) is 1.09. The number of furan rings is 1. The molecule has 7 nitrogen and oxygen atoms in total. The van der Waals surface area contributed by atoms with Crippen molar-refractivity contribution >= 4 is 11.9 Å². The summed E-state index contributed by atoms with van der Waals surface area (Å²) in [6, 6.07) is 5.54. The summed E-state index contributed by atoms with van der Waals surface area (Å²) in [5.74, 6) is 0.239. The Morgan fingerprint density at radius 3 is 2.72 bits per heavy atom. The average molecular weight is 345 g/mol. The predicted molar refractivity (Wildman–Crippen MR) is 87.8 cm³/mol. The van der Waals surface area contributed by atoms with E-state index in [9.17, 15) is 9.59 Å². The van der Waals surface area contributed by atoms with Crippen molar-refractivity contribution in [1.82, 2.24) is 4.90 Å². The van der Waals surface area contributed by atoms with Gasteiger partial charge in [-0.15, -0.1) is 0 Å². The molecule has 132 valence electrons. The first-order valence-corrected chi connectivity index (χ1v) is 7.96. The Labute approximate surface area is 144 Å². The fourth-order valence-electron chi connectivity index (χ4n) is 2.80. The zero-order valence-electron chi connectivity index (χ0n) is 14.1. The summed E-state index contributed by atoms with van der Waals surface area (Å²) in [5.41, 5.74) is 1.86. The molecule has 7 heteroatoms. The van der Waals surface area contributed by atoms with Gasteiger partial charge in [0.15, 0.2) is 11.5 Å². The van der Waals surface area contributed by atoms with Crippen molar-refractivity contribution in [3.8, 4) is 11.5 Å². The molecule has 0 atom stereocenters. The van der Waals surface area contributed by atoms with E-state index in [1.807, 2.05) is 25.1 Å². The number of hydrogen-bond acceptors (Lipinski definition) is 5. The molecular weight excluding hydrogens is 326 g/mol. The predicted octanol–water partition coefficient (Wildman–Crippen LogP) is 2.61. The number of aryl methyl sites for hydroxylation is 1. The molecule has 2 aromatic rings. The zero-order chi connectivity index (χ0) is 18.0. The molecule has 3 rings (SSSR count). The number of benzene rings is 1. The summed E-state index contributed by atoms with van der Waals surface area (Å²) in [5, 5.41) is 8.99. The van der Waals surface area contributed by atoms with Crippen LogP contribution in [0, 0.1) is 6.92 Å². The summed E-state index contributed by atoms with van der Waals surface area (Å²) >= 11 is 0. The summed E-state index contributed by atoms with van der Waals surface area (Å²) in [6.45, 7) is 4.66. The maximum atomic E-state index is 12.9. The van der Waals surface area contributed by atoms with Crippen LogP contribution in [-0.2, 0) is 17.8 Å². The standard InChI is InChI=1S/C18H19NO6/c1-3-19(8-12-4-5-13-14(6-12)25-10-24-13)18(22)17-11(2)9-23-15(17)7-16(20)21/h4-6,9H,3,7-8,10H2,1-2H3,(H,20,21). The van der Waals surface area contributed by atoms with Crippen LogP contribution in [0.4, 0.5) is 0 Å². The molecule has 0 spiro atoms. The Balaban J connectivity index is 1.82. The first kappa shape index (κ1) is 16.9. The van der Waals surface area contributed by atoms with Crippen LogP contribution in [0.5, 0.6) is 11.5 Å². The van der Waals surface area contributed by atoms with Gasteiger partial charge in [0.25, 0.3) is 5.91 Å². The van der Waals surface area contributed by atoms with Gasteiger partial charge in [0.1, 0.15) is 12.2 Å². The van der Waals surface area contributed by atoms with Gasteiger partial charge in [-0.3, -0.25) is 9.59 Å². The molecule has 0 saturated heterocycles. The topological polar surface area (TPSA) is 89.2 Å². The molecule has 0 saturated carbocycles. The lowest BCUT2D eigenvalue weighted by Crippen LogP contribution is -2.31. The second-order valence-electron chi connectivity index (χ2n) is 5.79. The van der Waals surface area contributed by atoms with Gasteiger partial charge in [-0.05, 0) is 31.5 Å². The van der Waals surface area contributed by atoms with E-state index in [4.69, 9.17) is 19.0 Å². The SMILES string of the molecule is CCN(Cc1ccc2c(c1)OCO2)C(=O)c1c(C)coc1CC(=O)O. The number of fused-ring (bicyclic) bond motifs is 1. The number of ether oxygens (including phenoxy) is 2. The van der Waals surface area contributed by atoms with E-state index in [0.717, 1.165) is 5.56 Å². The van der Waals surface area contributed by atoms with Crippen molar-refractivity contribution in [3.05, 3.63) is 46.9 Å². The number of nitrogens with zero attached hydrogens (tertiary/aromatic N) is 1. The second-order valence-corrected chi connectivity index (χ2v) is 5.79. The largest absolute Gasteiger partial charge is 0.481 e. The Kier molecular flexibility index (Phi) is 4.65. The Morgan fingerprint density at radius 1 is 1.24 bits per heavy atom. The number of rotatable bonds is 6. The number of carboxylic acid groups (broad SMARTS) is 1. The molecule has 0 aliphatic carbocycles. The third kappa shape index (κ3) is 3.45. The third-order valence-electron chi connectivity index (χ3n) is 4.06. The Morgan fingerprint density at radius 2 is 2.00 bits per heavy atom. The van der Waals surface area contributed by atoms with Crippen LogP contribution in [0.1, 0.15) is 34.2 Å². The van der Waals surface area contributed by atoms with E-state index in [1.54, 1.807) is 11.8 Å². The summed E-state index contributed by atoms with van der Waals surface area (Å²) in [4.78, 5) is 25.5. The molecule has 1 aromatic carbocycles. The van der Waals surface area contributed by atoms with Crippen LogP contribution in [0.3, 0.4) is 0 Å². The van der Waals surface area contributed by atoms with E-state index < -0.39 is 5.97 Å². The number of hydrogen-bond donors (Lipinski definition) is 1. The molecule has 25 heavy (non-hydrogen) atoms. The zero-order valence-corrected chi connectivity index (χ0v) is 14.1. The van der Waals surface area contributed by atoms with Crippen molar-refractivity contribution in [2.24, 2.45) is 0 Å². The first-order chi connectivity index (χ1) is 12.0. The lowest BCUT2D eigenvalue weighted by atomic mass is 10.1. The number of aliphatic carboxylic acids is 1. The summed E-state index contributed by atoms with van der Waals surface area (Å²) < 4.78 is 15.9. The highest BCUT2D eigenvalue weighted by Gasteiger charge is 2.25. The molecule has 1 aromatic heterocycles. The van der Waals surface area contributed by atoms with Crippen molar-refractivity contribution in [2.75, 3.05) is 13.3 Å². The van der Waals surface area contributed by atoms with E-state index >= 15 is 0 Å². The molecule has 1 aliphatic rings. The molecule has 1 aliphatic heterocycles. The van der Waals surface area contributed by atoms with Crippen LogP contribution in [0.25, 0.3) is 0 Å². The number of carbonyl (C=O) groups is 2. The third-order valence-corrected chi connectivity index (χ3v) is 4.06. The van der Waals surface area contributed by atoms with Gasteiger partial charge in [-0.2, -0.15) is 0 Å². The van der Waals surface area contributed by atoms with Crippen molar-refractivity contribution in [3.63, 3.8) is 0 Å². The number of carboxylic acids is 1. The maximum absolute atomic E-state index is 12.9. The Bertz CT molecular complexity index is 810. The fraction of sp³-hybridized carbons (Fsp3) is 0.333. The van der Waals surface area contributed by atoms with Gasteiger partial charge < -0.3 is 23.9 Å². The highest BCUT2D eigenvalue weighted by atomic mass is 16.7. The minimum absolute atomic E-state index is 0.180. The number of amides is 1. The minimum Gasteiger partial charge on any atom is -0.481 e. The van der Waals surface area contributed by atoms with E-state index in [0.29, 0.717) is 35.7 Å². The molecular formula is C18H19NO6. The van der Waals surface area contributed by atoms with Crippen molar-refractivity contribution in [2.45, 2.75) is 26.8 Å². The van der Waals surface area contributed by atoms with E-state index in [2.05, 4.69) is 0 Å². The monoisotopic (exact) mass is 345 g/mol. The molecule has 1 amide bonds. The van der Waals surface area contributed by atoms with Gasteiger partial charge in [-0.25, -0.2) is 0 Å². The first-order valence-electron chi connectivity index (χ1n) is 7.96. The maximum Gasteiger partial charge on any atom is 0.311 e. The molecule has 0 unspecified atom stereocenters. The van der Waals surface area contributed by atoms with Crippen LogP contribution in [0.15, 0.2) is 28.9 Å². The molecule has 0 bridgehead atoms. The molecule has 0 fully saturated rings. The van der Waals surface area contributed by atoms with Crippen molar-refractivity contribution < 1.29 is 28.6 Å². The second kappa shape index (κ2) is 6.88. The van der Waals surface area contributed by atoms with Gasteiger partial charge in [0.05, 0.1) is 11.8 Å². The highest BCUT2D eigenvalue weighted by molar-refractivity contribution is 5.97. The van der Waals surface area contributed by atoms with E-state index in [1.165, 1.54) is 6.26 Å². The minimum atomic E-state index is -1.04. The molecule has 2 heterocycles. The van der Waals surface area contributed by atoms with Crippen LogP contribution < -0.4 is 9.47 Å². The van der Waals surface area contributed by atoms with Gasteiger partial charge in [0.2, 0.25) is 6.79 Å². The van der Waals surface area contributed by atoms with Crippen LogP contribution >= 0.6 is 0 Å². The lowest BCUT2D eigenvalue weighted by molar-refractivity contribution is -0.136. The van der Waals surface area contributed by atoms with E-state index in [-0.39, 0.29) is 24.9 Å². The lowest BCUT2D eigenvalue weighted by Gasteiger charge is -2.21. The Hall–Kier alpha value is -2.96. The van der Waals surface area contributed by atoms with Gasteiger partial charge in [0, 0.05) is 18.7 Å². The van der Waals surface area contributed by atoms with Gasteiger partial charge >= 0.3 is 5.97 Å². The van der Waals surface area contributed by atoms with Crippen LogP contribution in [0.2, 0.25) is 0 Å². The normalized spacial score (nSPS) is 12.2. The average Bonchev–Trinajstić information content (AvgIpc) is 3.17. The van der Waals surface area contributed by atoms with Crippen molar-refractivity contribution in [1.29, 1.82) is 0 Å². The van der Waals surface area contributed by atoms with Gasteiger partial charge in [-0.1, -0.05) is 6.07 Å². The quantitative estimate of drug-likeness (QED) is 0.866. The molecule has 1 N–H and O–H groups in total. The molecule has 0 radical (unpaired) electrons.